The van der Waals surface area contributed by atoms with E-state index in [1.54, 1.807) is 42.5 Å². The van der Waals surface area contributed by atoms with Crippen molar-refractivity contribution in [1.29, 1.82) is 0 Å². The van der Waals surface area contributed by atoms with Crippen LogP contribution in [0.15, 0.2) is 65.4 Å². The Morgan fingerprint density at radius 1 is 1.22 bits per heavy atom. The maximum absolute atomic E-state index is 12.2. The molecule has 4 heteroatoms. The molecular weight excluding hydrogens is 246 g/mol. The first-order chi connectivity index (χ1) is 8.47. The Labute approximate surface area is 107 Å². The van der Waals surface area contributed by atoms with E-state index in [1.165, 1.54) is 0 Å². The summed E-state index contributed by atoms with van der Waals surface area (Å²) < 4.78 is 24.4. The van der Waals surface area contributed by atoms with Gasteiger partial charge in [-0.1, -0.05) is 30.4 Å². The van der Waals surface area contributed by atoms with E-state index in [-0.39, 0.29) is 5.75 Å². The summed E-state index contributed by atoms with van der Waals surface area (Å²) in [6.45, 7) is 5.67. The lowest BCUT2D eigenvalue weighted by Gasteiger charge is -2.14. The van der Waals surface area contributed by atoms with E-state index < -0.39 is 9.84 Å². The molecule has 0 amide bonds. The molecule has 0 saturated heterocycles. The van der Waals surface area contributed by atoms with E-state index >= 15 is 0 Å². The Bertz CT molecular complexity index is 622. The minimum atomic E-state index is -3.31. The maximum atomic E-state index is 12.2. The number of hydrogen-bond donors (Lipinski definition) is 1. The Morgan fingerprint density at radius 3 is 2.50 bits per heavy atom. The van der Waals surface area contributed by atoms with E-state index in [1.807, 2.05) is 6.92 Å². The molecule has 0 saturated carbocycles. The first kappa shape index (κ1) is 12.6. The molecule has 3 nitrogen and oxygen atoms in total. The third-order valence-electron chi connectivity index (χ3n) is 2.64. The second-order valence-electron chi connectivity index (χ2n) is 4.27. The van der Waals surface area contributed by atoms with Gasteiger partial charge in [-0.2, -0.15) is 0 Å². The van der Waals surface area contributed by atoms with Crippen LogP contribution < -0.4 is 5.32 Å². The fraction of sp³-hybridized carbons (Fsp3) is 0.143. The quantitative estimate of drug-likeness (QED) is 0.908. The van der Waals surface area contributed by atoms with Crippen molar-refractivity contribution < 1.29 is 8.42 Å². The summed E-state index contributed by atoms with van der Waals surface area (Å²) in [6.07, 6.45) is 5.33. The van der Waals surface area contributed by atoms with Gasteiger partial charge in [-0.3, -0.25) is 0 Å². The van der Waals surface area contributed by atoms with Gasteiger partial charge in [-0.25, -0.2) is 8.42 Å². The van der Waals surface area contributed by atoms with Crippen molar-refractivity contribution in [1.82, 2.24) is 5.32 Å². The standard InChI is InChI=1S/C14H15NO2S/c1-11-6-8-14(9-7-11)18(16,17)10-13-5-3-4-12(2)15-13/h3-9,15H,2,10H2,1H3. The van der Waals surface area contributed by atoms with E-state index in [2.05, 4.69) is 11.9 Å². The van der Waals surface area contributed by atoms with Crippen molar-refractivity contribution in [2.24, 2.45) is 0 Å². The van der Waals surface area contributed by atoms with Gasteiger partial charge in [0.15, 0.2) is 9.84 Å². The number of dihydropyridines is 1. The normalized spacial score (nSPS) is 15.2. The monoisotopic (exact) mass is 261 g/mol. The Kier molecular flexibility index (Phi) is 3.39. The zero-order chi connectivity index (χ0) is 13.2. The maximum Gasteiger partial charge on any atom is 0.183 e. The minimum Gasteiger partial charge on any atom is -0.359 e. The highest BCUT2D eigenvalue weighted by Gasteiger charge is 2.17. The van der Waals surface area contributed by atoms with E-state index in [0.29, 0.717) is 16.3 Å². The third-order valence-corrected chi connectivity index (χ3v) is 4.32. The molecule has 0 unspecified atom stereocenters. The van der Waals surface area contributed by atoms with E-state index in [4.69, 9.17) is 0 Å². The molecule has 0 radical (unpaired) electrons. The number of rotatable bonds is 3. The molecule has 1 aliphatic rings. The number of aryl methyl sites for hydroxylation is 1. The first-order valence-electron chi connectivity index (χ1n) is 5.60. The van der Waals surface area contributed by atoms with Crippen molar-refractivity contribution in [2.75, 3.05) is 5.75 Å². The summed E-state index contributed by atoms with van der Waals surface area (Å²) in [4.78, 5) is 0.343. The van der Waals surface area contributed by atoms with Crippen LogP contribution in [0.3, 0.4) is 0 Å². The zero-order valence-electron chi connectivity index (χ0n) is 10.2. The molecular formula is C14H15NO2S. The molecule has 94 valence electrons. The van der Waals surface area contributed by atoms with E-state index in [9.17, 15) is 8.42 Å². The van der Waals surface area contributed by atoms with Crippen molar-refractivity contribution in [2.45, 2.75) is 11.8 Å². The molecule has 1 aromatic carbocycles. The van der Waals surface area contributed by atoms with Gasteiger partial charge in [-0.15, -0.1) is 0 Å². The van der Waals surface area contributed by atoms with Crippen LogP contribution in [0.2, 0.25) is 0 Å². The Morgan fingerprint density at radius 2 is 1.89 bits per heavy atom. The molecule has 0 aliphatic carbocycles. The van der Waals surface area contributed by atoms with Crippen LogP contribution >= 0.6 is 0 Å². The second kappa shape index (κ2) is 4.82. The first-order valence-corrected chi connectivity index (χ1v) is 7.25. The molecule has 0 spiro atoms. The zero-order valence-corrected chi connectivity index (χ0v) is 11.0. The molecule has 1 aliphatic heterocycles. The topological polar surface area (TPSA) is 46.2 Å². The largest absolute Gasteiger partial charge is 0.359 e. The number of sulfone groups is 1. The fourth-order valence-electron chi connectivity index (χ4n) is 1.69. The van der Waals surface area contributed by atoms with Crippen molar-refractivity contribution in [3.05, 3.63) is 66.0 Å². The molecule has 1 aromatic rings. The average molecular weight is 261 g/mol. The molecule has 0 atom stereocenters. The van der Waals surface area contributed by atoms with Gasteiger partial charge >= 0.3 is 0 Å². The van der Waals surface area contributed by atoms with Crippen molar-refractivity contribution in [3.63, 3.8) is 0 Å². The smallest absolute Gasteiger partial charge is 0.183 e. The summed E-state index contributed by atoms with van der Waals surface area (Å²) in [5.41, 5.74) is 2.38. The molecule has 18 heavy (non-hydrogen) atoms. The average Bonchev–Trinajstić information content (AvgIpc) is 2.29. The van der Waals surface area contributed by atoms with Gasteiger partial charge in [0.05, 0.1) is 10.6 Å². The predicted octanol–water partition coefficient (Wildman–Crippen LogP) is 2.33. The third kappa shape index (κ3) is 2.90. The highest BCUT2D eigenvalue weighted by atomic mass is 32.2. The van der Waals surface area contributed by atoms with Crippen LogP contribution in [0.1, 0.15) is 5.56 Å². The van der Waals surface area contributed by atoms with Gasteiger partial charge in [0.25, 0.3) is 0 Å². The van der Waals surface area contributed by atoms with Gasteiger partial charge < -0.3 is 5.32 Å². The molecule has 2 rings (SSSR count). The highest BCUT2D eigenvalue weighted by molar-refractivity contribution is 7.91. The van der Waals surface area contributed by atoms with Gasteiger partial charge in [0.1, 0.15) is 0 Å². The van der Waals surface area contributed by atoms with Crippen LogP contribution in [-0.2, 0) is 9.84 Å². The van der Waals surface area contributed by atoms with E-state index in [0.717, 1.165) is 5.56 Å². The van der Waals surface area contributed by atoms with Crippen molar-refractivity contribution >= 4 is 9.84 Å². The van der Waals surface area contributed by atoms with Crippen LogP contribution in [0.4, 0.5) is 0 Å². The SMILES string of the molecule is C=C1C=CC=C(CS(=O)(=O)c2ccc(C)cc2)N1. The van der Waals surface area contributed by atoms with Gasteiger partial charge in [-0.05, 0) is 31.2 Å². The predicted molar refractivity (Wildman–Crippen MR) is 72.7 cm³/mol. The lowest BCUT2D eigenvalue weighted by molar-refractivity contribution is 0.597. The minimum absolute atomic E-state index is 0.0422. The number of allylic oxidation sites excluding steroid dienone is 3. The summed E-state index contributed by atoms with van der Waals surface area (Å²) in [6, 6.07) is 6.88. The highest BCUT2D eigenvalue weighted by Crippen LogP contribution is 2.15. The Balaban J connectivity index is 2.22. The summed E-state index contributed by atoms with van der Waals surface area (Å²) in [5, 5.41) is 2.95. The van der Waals surface area contributed by atoms with Crippen LogP contribution in [0, 0.1) is 6.92 Å². The van der Waals surface area contributed by atoms with Crippen LogP contribution in [0.5, 0.6) is 0 Å². The van der Waals surface area contributed by atoms with Crippen molar-refractivity contribution in [3.8, 4) is 0 Å². The summed E-state index contributed by atoms with van der Waals surface area (Å²) in [7, 11) is -3.31. The Hall–Kier alpha value is -1.81. The number of hydrogen-bond acceptors (Lipinski definition) is 3. The number of benzene rings is 1. The second-order valence-corrected chi connectivity index (χ2v) is 6.26. The number of nitrogens with one attached hydrogen (secondary N) is 1. The van der Waals surface area contributed by atoms with Crippen LogP contribution in [-0.4, -0.2) is 14.2 Å². The lowest BCUT2D eigenvalue weighted by Crippen LogP contribution is -2.21. The molecule has 0 bridgehead atoms. The lowest BCUT2D eigenvalue weighted by atomic mass is 10.2. The fourth-order valence-corrected chi connectivity index (χ4v) is 2.98. The molecule has 0 fully saturated rings. The van der Waals surface area contributed by atoms with Gasteiger partial charge in [0.2, 0.25) is 0 Å². The molecule has 0 aromatic heterocycles. The van der Waals surface area contributed by atoms with Gasteiger partial charge in [0, 0.05) is 11.4 Å². The van der Waals surface area contributed by atoms with Crippen LogP contribution in [0.25, 0.3) is 0 Å². The summed E-state index contributed by atoms with van der Waals surface area (Å²) >= 11 is 0. The molecule has 1 N–H and O–H groups in total. The molecule has 1 heterocycles. The summed E-state index contributed by atoms with van der Waals surface area (Å²) in [5.74, 6) is -0.0422.